The van der Waals surface area contributed by atoms with E-state index in [-0.39, 0.29) is 0 Å². The Kier molecular flexibility index (Phi) is 8.46. The molecular weight excluding hydrogens is 753 g/mol. The van der Waals surface area contributed by atoms with E-state index < -0.39 is 0 Å². The van der Waals surface area contributed by atoms with Gasteiger partial charge in [0, 0.05) is 39.0 Å². The number of rotatable bonds is 7. The molecule has 12 rings (SSSR count). The maximum absolute atomic E-state index is 5.27. The number of hydrogen-bond acceptors (Lipinski definition) is 2. The van der Waals surface area contributed by atoms with Crippen LogP contribution in [0, 0.1) is 0 Å². The standard InChI is InChI=1S/C58H38N4/c1-4-15-39(16-5-1)45-34-46(40-17-6-2-7-18-40)36-47(35-45)41-19-14-20-44(33-41)53-31-32-59-58(60-53)62-55-26-13-11-24-50(55)52-37-42(28-30-56(52)62)43-27-29-51-49-23-10-12-25-54(49)61(57(51)38-43)48-21-8-3-9-22-48/h1-38H. The molecule has 12 aromatic rings. The van der Waals surface area contributed by atoms with Gasteiger partial charge in [-0.15, -0.1) is 0 Å². The number of hydrogen-bond donors (Lipinski definition) is 0. The van der Waals surface area contributed by atoms with Gasteiger partial charge in [0.25, 0.3) is 0 Å². The third kappa shape index (κ3) is 6.08. The molecule has 62 heavy (non-hydrogen) atoms. The van der Waals surface area contributed by atoms with Gasteiger partial charge in [-0.3, -0.25) is 4.57 Å². The van der Waals surface area contributed by atoms with Crippen LogP contribution in [-0.2, 0) is 0 Å². The Morgan fingerprint density at radius 3 is 1.47 bits per heavy atom. The van der Waals surface area contributed by atoms with Gasteiger partial charge in [0.2, 0.25) is 5.95 Å². The Morgan fingerprint density at radius 1 is 0.274 bits per heavy atom. The third-order valence-corrected chi connectivity index (χ3v) is 12.2. The third-order valence-electron chi connectivity index (χ3n) is 12.2. The number of para-hydroxylation sites is 3. The molecule has 0 aliphatic carbocycles. The zero-order valence-electron chi connectivity index (χ0n) is 33.7. The molecule has 0 atom stereocenters. The molecule has 0 aliphatic rings. The maximum Gasteiger partial charge on any atom is 0.235 e. The summed E-state index contributed by atoms with van der Waals surface area (Å²) in [5, 5.41) is 4.81. The molecule has 0 saturated heterocycles. The van der Waals surface area contributed by atoms with Crippen LogP contribution >= 0.6 is 0 Å². The molecule has 4 heteroatoms. The van der Waals surface area contributed by atoms with E-state index in [1.54, 1.807) is 0 Å². The first-order chi connectivity index (χ1) is 30.7. The van der Waals surface area contributed by atoms with Crippen LogP contribution in [-0.4, -0.2) is 19.1 Å². The summed E-state index contributed by atoms with van der Waals surface area (Å²) in [5.41, 5.74) is 16.9. The van der Waals surface area contributed by atoms with Crippen LogP contribution in [0.4, 0.5) is 0 Å². The summed E-state index contributed by atoms with van der Waals surface area (Å²) < 4.78 is 4.58. The molecule has 0 unspecified atom stereocenters. The van der Waals surface area contributed by atoms with Gasteiger partial charge in [0.05, 0.1) is 27.8 Å². The van der Waals surface area contributed by atoms with Gasteiger partial charge in [-0.2, -0.15) is 0 Å². The van der Waals surface area contributed by atoms with Gasteiger partial charge >= 0.3 is 0 Å². The highest BCUT2D eigenvalue weighted by atomic mass is 15.2. The van der Waals surface area contributed by atoms with Gasteiger partial charge in [0.1, 0.15) is 0 Å². The number of aromatic nitrogens is 4. The lowest BCUT2D eigenvalue weighted by Crippen LogP contribution is -2.01. The summed E-state index contributed by atoms with van der Waals surface area (Å²) in [6, 6.07) is 80.3. The number of benzene rings is 9. The molecule has 0 amide bonds. The minimum absolute atomic E-state index is 0.637. The van der Waals surface area contributed by atoms with Crippen LogP contribution < -0.4 is 0 Å². The first-order valence-corrected chi connectivity index (χ1v) is 21.1. The Morgan fingerprint density at radius 2 is 0.758 bits per heavy atom. The molecule has 0 spiro atoms. The lowest BCUT2D eigenvalue weighted by molar-refractivity contribution is 0.992. The highest BCUT2D eigenvalue weighted by molar-refractivity contribution is 6.12. The largest absolute Gasteiger partial charge is 0.309 e. The van der Waals surface area contributed by atoms with Crippen molar-refractivity contribution in [3.8, 4) is 67.4 Å². The topological polar surface area (TPSA) is 35.6 Å². The van der Waals surface area contributed by atoms with E-state index in [0.29, 0.717) is 5.95 Å². The Labute approximate surface area is 359 Å². The van der Waals surface area contributed by atoms with Gasteiger partial charge in [-0.1, -0.05) is 152 Å². The minimum Gasteiger partial charge on any atom is -0.309 e. The molecule has 0 bridgehead atoms. The van der Waals surface area contributed by atoms with Crippen molar-refractivity contribution < 1.29 is 0 Å². The van der Waals surface area contributed by atoms with Crippen molar-refractivity contribution in [2.24, 2.45) is 0 Å². The predicted octanol–water partition coefficient (Wildman–Crippen LogP) is 15.0. The lowest BCUT2D eigenvalue weighted by Gasteiger charge is -2.13. The van der Waals surface area contributed by atoms with Crippen LogP contribution in [0.3, 0.4) is 0 Å². The van der Waals surface area contributed by atoms with Crippen LogP contribution in [0.15, 0.2) is 231 Å². The molecule has 9 aromatic carbocycles. The second kappa shape index (κ2) is 14.7. The molecule has 3 aromatic heterocycles. The molecule has 290 valence electrons. The minimum atomic E-state index is 0.637. The average Bonchev–Trinajstić information content (AvgIpc) is 3.87. The first-order valence-electron chi connectivity index (χ1n) is 21.1. The fourth-order valence-electron chi connectivity index (χ4n) is 9.24. The molecule has 0 radical (unpaired) electrons. The summed E-state index contributed by atoms with van der Waals surface area (Å²) in [4.78, 5) is 10.2. The van der Waals surface area contributed by atoms with Gasteiger partial charge < -0.3 is 4.57 Å². The van der Waals surface area contributed by atoms with Gasteiger partial charge in [-0.05, 0) is 117 Å². The van der Waals surface area contributed by atoms with E-state index >= 15 is 0 Å². The first kappa shape index (κ1) is 35.6. The highest BCUT2D eigenvalue weighted by Gasteiger charge is 2.18. The normalized spacial score (nSPS) is 11.5. The van der Waals surface area contributed by atoms with Crippen molar-refractivity contribution >= 4 is 43.6 Å². The predicted molar refractivity (Wildman–Crippen MR) is 258 cm³/mol. The SMILES string of the molecule is c1ccc(-c2cc(-c3ccccc3)cc(-c3cccc(-c4ccnc(-n5c6ccccc6c6cc(-c7ccc8c9ccccc9n(-c9ccccc9)c8c7)ccc65)n4)c3)c2)cc1. The monoisotopic (exact) mass is 790 g/mol. The van der Waals surface area contributed by atoms with Crippen LogP contribution in [0.1, 0.15) is 0 Å². The van der Waals surface area contributed by atoms with E-state index in [1.165, 1.54) is 49.6 Å². The Bertz CT molecular complexity index is 3560. The van der Waals surface area contributed by atoms with Crippen LogP contribution in [0.25, 0.3) is 111 Å². The Hall–Kier alpha value is -8.34. The number of fused-ring (bicyclic) bond motifs is 6. The number of nitrogens with zero attached hydrogens (tertiary/aromatic N) is 4. The van der Waals surface area contributed by atoms with Crippen molar-refractivity contribution in [1.82, 2.24) is 19.1 Å². The smallest absolute Gasteiger partial charge is 0.235 e. The summed E-state index contributed by atoms with van der Waals surface area (Å²) in [7, 11) is 0. The molecule has 3 heterocycles. The van der Waals surface area contributed by atoms with E-state index in [9.17, 15) is 0 Å². The van der Waals surface area contributed by atoms with Crippen molar-refractivity contribution in [1.29, 1.82) is 0 Å². The van der Waals surface area contributed by atoms with E-state index in [1.807, 2.05) is 12.3 Å². The molecule has 0 fully saturated rings. The Balaban J connectivity index is 0.952. The maximum atomic E-state index is 5.27. The zero-order valence-corrected chi connectivity index (χ0v) is 33.7. The van der Waals surface area contributed by atoms with Gasteiger partial charge in [0.15, 0.2) is 0 Å². The van der Waals surface area contributed by atoms with Crippen molar-refractivity contribution in [3.05, 3.63) is 231 Å². The fourth-order valence-corrected chi connectivity index (χ4v) is 9.24. The molecule has 4 nitrogen and oxygen atoms in total. The second-order valence-corrected chi connectivity index (χ2v) is 15.9. The van der Waals surface area contributed by atoms with E-state index in [0.717, 1.165) is 55.4 Å². The van der Waals surface area contributed by atoms with Gasteiger partial charge in [-0.25, -0.2) is 9.97 Å². The quantitative estimate of drug-likeness (QED) is 0.161. The molecular formula is C58H38N4. The fraction of sp³-hybridized carbons (Fsp3) is 0. The summed E-state index contributed by atoms with van der Waals surface area (Å²) in [5.74, 6) is 0.637. The van der Waals surface area contributed by atoms with Crippen LogP contribution in [0.5, 0.6) is 0 Å². The summed E-state index contributed by atoms with van der Waals surface area (Å²) >= 11 is 0. The highest BCUT2D eigenvalue weighted by Crippen LogP contribution is 2.39. The van der Waals surface area contributed by atoms with Crippen molar-refractivity contribution in [2.45, 2.75) is 0 Å². The van der Waals surface area contributed by atoms with Crippen molar-refractivity contribution in [2.75, 3.05) is 0 Å². The lowest BCUT2D eigenvalue weighted by atomic mass is 9.92. The van der Waals surface area contributed by atoms with Crippen LogP contribution in [0.2, 0.25) is 0 Å². The zero-order chi connectivity index (χ0) is 41.0. The molecule has 0 saturated carbocycles. The second-order valence-electron chi connectivity index (χ2n) is 15.9. The van der Waals surface area contributed by atoms with E-state index in [2.05, 4.69) is 228 Å². The van der Waals surface area contributed by atoms with Crippen molar-refractivity contribution in [3.63, 3.8) is 0 Å². The molecule has 0 aliphatic heterocycles. The molecule has 0 N–H and O–H groups in total. The average molecular weight is 791 g/mol. The summed E-state index contributed by atoms with van der Waals surface area (Å²) in [6.07, 6.45) is 1.88. The summed E-state index contributed by atoms with van der Waals surface area (Å²) in [6.45, 7) is 0. The van der Waals surface area contributed by atoms with E-state index in [4.69, 9.17) is 9.97 Å².